The molecular weight excluding hydrogens is 364 g/mol. The van der Waals surface area contributed by atoms with Gasteiger partial charge in [-0.1, -0.05) is 37.3 Å². The number of rotatable bonds is 7. The Morgan fingerprint density at radius 3 is 2.22 bits per heavy atom. The average molecular weight is 393 g/mol. The van der Waals surface area contributed by atoms with Gasteiger partial charge in [0.05, 0.1) is 20.1 Å². The summed E-state index contributed by atoms with van der Waals surface area (Å²) in [5.74, 6) is 1.03. The van der Waals surface area contributed by atoms with Crippen molar-refractivity contribution in [3.8, 4) is 11.5 Å². The van der Waals surface area contributed by atoms with E-state index in [1.807, 2.05) is 56.3 Å². The van der Waals surface area contributed by atoms with Crippen LogP contribution in [0.3, 0.4) is 0 Å². The number of hydrogen-bond donors (Lipinski definition) is 1. The van der Waals surface area contributed by atoms with E-state index < -0.39 is 0 Å². The minimum absolute atomic E-state index is 0. The molecule has 2 aromatic carbocycles. The van der Waals surface area contributed by atoms with Crippen molar-refractivity contribution in [3.63, 3.8) is 0 Å². The van der Waals surface area contributed by atoms with Crippen LogP contribution in [-0.4, -0.2) is 32.1 Å². The number of benzene rings is 2. The zero-order valence-corrected chi connectivity index (χ0v) is 17.4. The highest BCUT2D eigenvalue weighted by atomic mass is 35.5. The molecule has 0 spiro atoms. The molecule has 2 aromatic rings. The summed E-state index contributed by atoms with van der Waals surface area (Å²) in [6, 6.07) is 13.2. The lowest BCUT2D eigenvalue weighted by Gasteiger charge is -2.26. The van der Waals surface area contributed by atoms with Crippen LogP contribution in [0.4, 0.5) is 0 Å². The Hall–Kier alpha value is -2.24. The van der Waals surface area contributed by atoms with Crippen molar-refractivity contribution in [2.75, 3.05) is 21.3 Å². The van der Waals surface area contributed by atoms with Gasteiger partial charge in [0.15, 0.2) is 11.5 Å². The molecule has 0 heterocycles. The Kier molecular flexibility index (Phi) is 8.60. The first-order valence-corrected chi connectivity index (χ1v) is 8.66. The first kappa shape index (κ1) is 22.8. The minimum Gasteiger partial charge on any atom is -0.493 e. The first-order chi connectivity index (χ1) is 12.4. The van der Waals surface area contributed by atoms with Crippen LogP contribution in [0.25, 0.3) is 0 Å². The summed E-state index contributed by atoms with van der Waals surface area (Å²) in [5.41, 5.74) is 9.32. The maximum Gasteiger partial charge on any atom is 0.227 e. The van der Waals surface area contributed by atoms with Crippen molar-refractivity contribution < 1.29 is 14.3 Å². The molecular formula is C21H29ClN2O3. The molecule has 0 radical (unpaired) electrons. The standard InChI is InChI=1S/C21H28N2O3.ClH/c1-14-11-18(25-4)19(26-5)12-17(14)13-23(3)21(24)15(2)20(22)16-9-7-6-8-10-16;/h6-12,15,20H,13,22H2,1-5H3;1H. The fourth-order valence-electron chi connectivity index (χ4n) is 2.99. The van der Waals surface area contributed by atoms with E-state index in [4.69, 9.17) is 15.2 Å². The van der Waals surface area contributed by atoms with Gasteiger partial charge in [0.25, 0.3) is 0 Å². The summed E-state index contributed by atoms with van der Waals surface area (Å²) in [6.07, 6.45) is 0. The summed E-state index contributed by atoms with van der Waals surface area (Å²) in [7, 11) is 5.01. The number of carbonyl (C=O) groups excluding carboxylic acids is 1. The van der Waals surface area contributed by atoms with Gasteiger partial charge in [0, 0.05) is 19.6 Å². The van der Waals surface area contributed by atoms with Crippen LogP contribution in [0.5, 0.6) is 11.5 Å². The molecule has 2 rings (SSSR count). The molecule has 5 nitrogen and oxygen atoms in total. The minimum atomic E-state index is -0.336. The number of hydrogen-bond acceptors (Lipinski definition) is 4. The fourth-order valence-corrected chi connectivity index (χ4v) is 2.99. The van der Waals surface area contributed by atoms with E-state index in [1.165, 1.54) is 0 Å². The summed E-state index contributed by atoms with van der Waals surface area (Å²) in [4.78, 5) is 14.6. The van der Waals surface area contributed by atoms with Gasteiger partial charge in [-0.15, -0.1) is 12.4 Å². The number of nitrogens with two attached hydrogens (primary N) is 1. The molecule has 0 aliphatic rings. The molecule has 2 unspecified atom stereocenters. The van der Waals surface area contributed by atoms with Crippen molar-refractivity contribution in [2.24, 2.45) is 11.7 Å². The highest BCUT2D eigenvalue weighted by Crippen LogP contribution is 2.31. The lowest BCUT2D eigenvalue weighted by molar-refractivity contribution is -0.134. The Bertz CT molecular complexity index is 753. The average Bonchev–Trinajstić information content (AvgIpc) is 2.67. The molecule has 1 amide bonds. The van der Waals surface area contributed by atoms with E-state index in [2.05, 4.69) is 0 Å². The van der Waals surface area contributed by atoms with Crippen LogP contribution in [0.1, 0.15) is 29.7 Å². The Morgan fingerprint density at radius 1 is 1.11 bits per heavy atom. The molecule has 0 fully saturated rings. The molecule has 0 saturated carbocycles. The number of amides is 1. The third-order valence-corrected chi connectivity index (χ3v) is 4.74. The SMILES string of the molecule is COc1cc(C)c(CN(C)C(=O)C(C)C(N)c2ccccc2)cc1OC.Cl. The van der Waals surface area contributed by atoms with Crippen molar-refractivity contribution in [1.29, 1.82) is 0 Å². The van der Waals surface area contributed by atoms with E-state index in [1.54, 1.807) is 26.2 Å². The highest BCUT2D eigenvalue weighted by molar-refractivity contribution is 5.85. The van der Waals surface area contributed by atoms with E-state index in [-0.39, 0.29) is 30.3 Å². The number of ether oxygens (including phenoxy) is 2. The van der Waals surface area contributed by atoms with Crippen LogP contribution in [-0.2, 0) is 11.3 Å². The lowest BCUT2D eigenvalue weighted by atomic mass is 9.94. The van der Waals surface area contributed by atoms with E-state index >= 15 is 0 Å². The highest BCUT2D eigenvalue weighted by Gasteiger charge is 2.25. The summed E-state index contributed by atoms with van der Waals surface area (Å²) in [5, 5.41) is 0. The smallest absolute Gasteiger partial charge is 0.227 e. The Morgan fingerprint density at radius 2 is 1.67 bits per heavy atom. The molecule has 0 aliphatic heterocycles. The van der Waals surface area contributed by atoms with Crippen molar-refractivity contribution >= 4 is 18.3 Å². The van der Waals surface area contributed by atoms with Crippen LogP contribution in [0.2, 0.25) is 0 Å². The van der Waals surface area contributed by atoms with Crippen LogP contribution in [0, 0.1) is 12.8 Å². The second-order valence-electron chi connectivity index (χ2n) is 6.55. The normalized spacial score (nSPS) is 12.5. The number of carbonyl (C=O) groups is 1. The third-order valence-electron chi connectivity index (χ3n) is 4.74. The van der Waals surface area contributed by atoms with Gasteiger partial charge in [0.2, 0.25) is 5.91 Å². The quantitative estimate of drug-likeness (QED) is 0.779. The second kappa shape index (κ2) is 10.2. The predicted molar refractivity (Wildman–Crippen MR) is 111 cm³/mol. The van der Waals surface area contributed by atoms with Gasteiger partial charge in [-0.2, -0.15) is 0 Å². The number of nitrogens with zero attached hydrogens (tertiary/aromatic N) is 1. The van der Waals surface area contributed by atoms with Crippen LogP contribution < -0.4 is 15.2 Å². The van der Waals surface area contributed by atoms with Crippen molar-refractivity contribution in [3.05, 3.63) is 59.2 Å². The summed E-state index contributed by atoms with van der Waals surface area (Å²) in [6.45, 7) is 4.35. The second-order valence-corrected chi connectivity index (χ2v) is 6.55. The van der Waals surface area contributed by atoms with E-state index in [0.29, 0.717) is 18.0 Å². The predicted octanol–water partition coefficient (Wildman–Crippen LogP) is 3.73. The molecule has 0 bridgehead atoms. The van der Waals surface area contributed by atoms with Gasteiger partial charge >= 0.3 is 0 Å². The molecule has 6 heteroatoms. The summed E-state index contributed by atoms with van der Waals surface area (Å²) < 4.78 is 10.7. The Labute approximate surface area is 167 Å². The largest absolute Gasteiger partial charge is 0.493 e. The van der Waals surface area contributed by atoms with Gasteiger partial charge < -0.3 is 20.1 Å². The number of halogens is 1. The van der Waals surface area contributed by atoms with Gasteiger partial charge in [0.1, 0.15) is 0 Å². The first-order valence-electron chi connectivity index (χ1n) is 8.66. The maximum absolute atomic E-state index is 12.8. The maximum atomic E-state index is 12.8. The summed E-state index contributed by atoms with van der Waals surface area (Å²) >= 11 is 0. The van der Waals surface area contributed by atoms with E-state index in [9.17, 15) is 4.79 Å². The fraction of sp³-hybridized carbons (Fsp3) is 0.381. The van der Waals surface area contributed by atoms with E-state index in [0.717, 1.165) is 16.7 Å². The molecule has 148 valence electrons. The monoisotopic (exact) mass is 392 g/mol. The van der Waals surface area contributed by atoms with Gasteiger partial charge in [-0.3, -0.25) is 4.79 Å². The van der Waals surface area contributed by atoms with Crippen LogP contribution in [0.15, 0.2) is 42.5 Å². The third kappa shape index (κ3) is 5.37. The van der Waals surface area contributed by atoms with Crippen molar-refractivity contribution in [2.45, 2.75) is 26.4 Å². The zero-order chi connectivity index (χ0) is 19.3. The Balaban J connectivity index is 0.00000364. The molecule has 27 heavy (non-hydrogen) atoms. The van der Waals surface area contributed by atoms with Crippen molar-refractivity contribution in [1.82, 2.24) is 4.90 Å². The number of aryl methyl sites for hydroxylation is 1. The molecule has 0 saturated heterocycles. The molecule has 2 atom stereocenters. The molecule has 0 aromatic heterocycles. The molecule has 0 aliphatic carbocycles. The number of methoxy groups -OCH3 is 2. The van der Waals surface area contributed by atoms with Gasteiger partial charge in [-0.25, -0.2) is 0 Å². The zero-order valence-electron chi connectivity index (χ0n) is 16.6. The topological polar surface area (TPSA) is 64.8 Å². The van der Waals surface area contributed by atoms with Gasteiger partial charge in [-0.05, 0) is 35.7 Å². The molecule has 2 N–H and O–H groups in total. The lowest BCUT2D eigenvalue weighted by Crippen LogP contribution is -2.36. The van der Waals surface area contributed by atoms with Crippen LogP contribution >= 0.6 is 12.4 Å².